The van der Waals surface area contributed by atoms with Crippen LogP contribution in [0.15, 0.2) is 63.7 Å². The second kappa shape index (κ2) is 28.5. The van der Waals surface area contributed by atoms with Gasteiger partial charge in [0.15, 0.2) is 19.7 Å². The van der Waals surface area contributed by atoms with Crippen LogP contribution in [0.25, 0.3) is 0 Å². The molecule has 0 bridgehead atoms. The molecule has 0 amide bonds. The third-order valence-electron chi connectivity index (χ3n) is 10.7. The van der Waals surface area contributed by atoms with Crippen LogP contribution in [0.1, 0.15) is 44.7 Å². The van der Waals surface area contributed by atoms with E-state index in [1.54, 1.807) is 0 Å². The number of nitrogens with one attached hydrogen (secondary N) is 1. The monoisotopic (exact) mass is 959 g/mol. The Morgan fingerprint density at radius 1 is 0.850 bits per heavy atom. The molecule has 320 valence electrons. The van der Waals surface area contributed by atoms with E-state index < -0.39 is 19.7 Å². The van der Waals surface area contributed by atoms with E-state index in [0.29, 0.717) is 48.2 Å². The number of nitriles is 1. The Labute approximate surface area is 450 Å². The van der Waals surface area contributed by atoms with Crippen molar-refractivity contribution in [2.24, 2.45) is 20.9 Å². The molecule has 0 aromatic heterocycles. The molecule has 0 radical (unpaired) electrons. The van der Waals surface area contributed by atoms with Crippen LogP contribution in [0, 0.1) is 11.5 Å². The number of aliphatic imine (C=N–C) groups is 1. The number of hydrogen-bond donors (Lipinski definition) is 2. The molecule has 2 unspecified atom stereocenters. The van der Waals surface area contributed by atoms with Gasteiger partial charge in [-0.2, -0.15) is 10.3 Å². The van der Waals surface area contributed by atoms with Gasteiger partial charge in [-0.3, -0.25) is 14.6 Å². The van der Waals surface area contributed by atoms with Crippen molar-refractivity contribution in [3.05, 3.63) is 69.7 Å². The second-order valence-corrected chi connectivity index (χ2v) is 19.9. The molecule has 16 nitrogen and oxygen atoms in total. The fourth-order valence-electron chi connectivity index (χ4n) is 8.02. The first-order valence-electron chi connectivity index (χ1n) is 19.1. The van der Waals surface area contributed by atoms with Crippen molar-refractivity contribution in [1.29, 1.82) is 5.26 Å². The zero-order valence-corrected chi connectivity index (χ0v) is 43.8. The Hall–Kier alpha value is -0.397. The number of piperidine rings is 2. The Morgan fingerprint density at radius 2 is 1.27 bits per heavy atom. The summed E-state index contributed by atoms with van der Waals surface area (Å²) < 4.78 is 48.7. The van der Waals surface area contributed by atoms with Crippen LogP contribution in [0.4, 0.5) is 0 Å². The quantitative estimate of drug-likeness (QED) is 0.0675. The van der Waals surface area contributed by atoms with E-state index >= 15 is 0 Å². The van der Waals surface area contributed by atoms with Gasteiger partial charge < -0.3 is 27.5 Å². The summed E-state index contributed by atoms with van der Waals surface area (Å²) in [6, 6.07) is 16.5. The first-order chi connectivity index (χ1) is 27.8. The number of nitrogens with zero attached hydrogens (tertiary/aromatic N) is 7. The smallest absolute Gasteiger partial charge is 1.00 e. The number of nitrogens with two attached hydrogens (primary N) is 1. The van der Waals surface area contributed by atoms with E-state index in [-0.39, 0.29) is 140 Å². The molecule has 5 aliphatic rings. The summed E-state index contributed by atoms with van der Waals surface area (Å²) in [5.41, 5.74) is 8.02. The number of benzene rings is 2. The van der Waals surface area contributed by atoms with Gasteiger partial charge in [-0.25, -0.2) is 16.8 Å². The average molecular weight is 961 g/mol. The molecular weight excluding hydrogens is 908 g/mol. The largest absolute Gasteiger partial charge is 1.00 e. The number of amidine groups is 2. The van der Waals surface area contributed by atoms with E-state index in [1.807, 2.05) is 48.5 Å². The maximum Gasteiger partial charge on any atom is 1.00 e. The summed E-state index contributed by atoms with van der Waals surface area (Å²) in [7, 11) is -5.90. The van der Waals surface area contributed by atoms with Gasteiger partial charge in [0, 0.05) is 67.1 Å². The van der Waals surface area contributed by atoms with Crippen molar-refractivity contribution in [3.63, 3.8) is 0 Å². The molecular formula is C38H53Cl2K2N9O7S2. The number of rotatable bonds is 7. The van der Waals surface area contributed by atoms with Crippen LogP contribution in [-0.2, 0) is 42.2 Å². The number of halogens is 2. The van der Waals surface area contributed by atoms with Gasteiger partial charge >= 0.3 is 103 Å². The normalized spacial score (nSPS) is 22.7. The topological polar surface area (TPSA) is 226 Å². The minimum Gasteiger partial charge on any atom is -1.00 e. The predicted octanol–water partition coefficient (Wildman–Crippen LogP) is -4.02. The van der Waals surface area contributed by atoms with Gasteiger partial charge in [-0.15, -0.1) is 10.2 Å². The zero-order valence-electron chi connectivity index (χ0n) is 35.4. The Morgan fingerprint density at radius 3 is 1.63 bits per heavy atom. The number of carbonyl (C=O) groups excluding carboxylic acids is 1. The van der Waals surface area contributed by atoms with Crippen molar-refractivity contribution in [3.8, 4) is 6.19 Å². The molecule has 60 heavy (non-hydrogen) atoms. The van der Waals surface area contributed by atoms with E-state index in [4.69, 9.17) is 44.2 Å². The summed E-state index contributed by atoms with van der Waals surface area (Å²) >= 11 is 11.9. The molecule has 4 fully saturated rings. The maximum atomic E-state index is 12.3. The molecule has 4 saturated heterocycles. The summed E-state index contributed by atoms with van der Waals surface area (Å²) in [6.45, 7) is 7.84. The molecule has 7 rings (SSSR count). The van der Waals surface area contributed by atoms with Gasteiger partial charge in [-0.1, -0.05) is 47.5 Å². The Kier molecular flexibility index (Phi) is 26.5. The SMILES string of the molecule is C=NC#N.NC1=NN=C(N2CCC(N3CCS(=O)(=O)CC3Cc3ccc(Cl)cc3)CC2)C1.O=CO[O-].O=S1(=O)CCN(C2CCNCC2)C(Cc2ccc(Cl)cc2)C1.[H-].[K+].[K+]. The molecule has 0 spiro atoms. The van der Waals surface area contributed by atoms with Crippen LogP contribution in [-0.4, -0.2) is 143 Å². The van der Waals surface area contributed by atoms with Gasteiger partial charge in [-0.05, 0) is 87.0 Å². The second-order valence-electron chi connectivity index (χ2n) is 14.6. The summed E-state index contributed by atoms with van der Waals surface area (Å²) in [5.74, 6) is 2.58. The standard InChI is InChI=1S/C19H26ClN5O2S.C16H23ClN2O2S.C2H2N2.CH2O3.2K.H/c20-15-3-1-14(2-4-15)11-17-13-28(26,27)10-9-25(17)16-5-7-24(8-6-16)19-12-18(21)22-23-19;17-14-3-1-13(2-4-14)11-16-12-22(20,21)10-9-19(16)15-5-7-18-8-6-15;1-4-2-3;2-1-4-3;;;/h1-4,16-17H,5-13H2,(H2,21,22);1-4,15-16,18H,5-12H2;1H2;1,3H;;;/q;;;;2*+1;-1/p-1. The van der Waals surface area contributed by atoms with Crippen LogP contribution in [0.3, 0.4) is 0 Å². The van der Waals surface area contributed by atoms with Crippen LogP contribution >= 0.6 is 23.2 Å². The molecule has 5 heterocycles. The molecule has 0 aliphatic carbocycles. The van der Waals surface area contributed by atoms with Crippen molar-refractivity contribution < 1.29 is 136 Å². The van der Waals surface area contributed by atoms with Crippen molar-refractivity contribution in [1.82, 2.24) is 20.0 Å². The minimum absolute atomic E-state index is 0. The minimum atomic E-state index is -2.99. The first kappa shape index (κ1) is 55.7. The summed E-state index contributed by atoms with van der Waals surface area (Å²) in [4.78, 5) is 21.2. The van der Waals surface area contributed by atoms with Gasteiger partial charge in [0.05, 0.1) is 29.4 Å². The molecule has 2 atom stereocenters. The summed E-state index contributed by atoms with van der Waals surface area (Å²) in [6.07, 6.45) is 7.79. The fraction of sp³-hybridized carbons (Fsp3) is 0.553. The molecule has 3 N–H and O–H groups in total. The van der Waals surface area contributed by atoms with Gasteiger partial charge in [0.2, 0.25) is 6.19 Å². The Balaban J connectivity index is 0.000000506. The summed E-state index contributed by atoms with van der Waals surface area (Å²) in [5, 5.41) is 28.7. The first-order valence-corrected chi connectivity index (χ1v) is 23.5. The zero-order chi connectivity index (χ0) is 42.1. The molecule has 2 aromatic carbocycles. The van der Waals surface area contributed by atoms with Crippen LogP contribution in [0.2, 0.25) is 10.0 Å². The fourth-order valence-corrected chi connectivity index (χ4v) is 11.4. The number of carbonyl (C=O) groups is 1. The number of likely N-dealkylation sites (tertiary alicyclic amines) is 1. The van der Waals surface area contributed by atoms with E-state index in [1.165, 1.54) is 6.19 Å². The predicted molar refractivity (Wildman–Crippen MR) is 226 cm³/mol. The number of hydrogen-bond acceptors (Lipinski definition) is 16. The van der Waals surface area contributed by atoms with Gasteiger partial charge in [0.25, 0.3) is 6.47 Å². The van der Waals surface area contributed by atoms with E-state index in [2.05, 4.69) is 46.8 Å². The Bertz CT molecular complexity index is 1970. The van der Waals surface area contributed by atoms with Crippen LogP contribution < -0.4 is 119 Å². The maximum absolute atomic E-state index is 12.3. The van der Waals surface area contributed by atoms with Crippen molar-refractivity contribution in [2.45, 2.75) is 69.1 Å². The van der Waals surface area contributed by atoms with Crippen molar-refractivity contribution in [2.75, 3.05) is 62.3 Å². The molecule has 0 saturated carbocycles. The third-order valence-corrected chi connectivity index (χ3v) is 14.6. The average Bonchev–Trinajstić information content (AvgIpc) is 3.66. The third kappa shape index (κ3) is 19.0. The molecule has 2 aromatic rings. The molecule has 5 aliphatic heterocycles. The van der Waals surface area contributed by atoms with E-state index in [9.17, 15) is 16.8 Å². The van der Waals surface area contributed by atoms with Gasteiger partial charge in [0.1, 0.15) is 11.7 Å². The van der Waals surface area contributed by atoms with Crippen molar-refractivity contribution >= 4 is 67.7 Å². The van der Waals surface area contributed by atoms with E-state index in [0.717, 1.165) is 86.7 Å². The number of sulfone groups is 2. The molecule has 22 heteroatoms. The van der Waals surface area contributed by atoms with Crippen LogP contribution in [0.5, 0.6) is 0 Å².